The smallest absolute Gasteiger partial charge is 0.249 e. The normalized spacial score (nSPS) is 14.8. The summed E-state index contributed by atoms with van der Waals surface area (Å²) in [5.41, 5.74) is -1.03. The predicted molar refractivity (Wildman–Crippen MR) is 50.8 cm³/mol. The van der Waals surface area contributed by atoms with Crippen LogP contribution in [0.5, 0.6) is 0 Å². The standard InChI is InChI=1S/C8H4ClF6NS/c9-6(8(13,14)15)17-5-2-1-4(3-16-5)7(10,11)12/h1-3,6H. The number of thioether (sulfide) groups is 1. The highest BCUT2D eigenvalue weighted by Crippen LogP contribution is 2.37. The molecule has 0 N–H and O–H groups in total. The fourth-order valence-corrected chi connectivity index (χ4v) is 1.67. The van der Waals surface area contributed by atoms with Gasteiger partial charge in [-0.1, -0.05) is 11.8 Å². The van der Waals surface area contributed by atoms with Crippen LogP contribution in [0.3, 0.4) is 0 Å². The highest BCUT2D eigenvalue weighted by Gasteiger charge is 2.39. The molecule has 1 aromatic heterocycles. The molecule has 96 valence electrons. The van der Waals surface area contributed by atoms with E-state index in [1.165, 1.54) is 0 Å². The number of rotatable bonds is 2. The topological polar surface area (TPSA) is 12.9 Å². The fourth-order valence-electron chi connectivity index (χ4n) is 0.791. The first kappa shape index (κ1) is 14.4. The van der Waals surface area contributed by atoms with Gasteiger partial charge in [-0.3, -0.25) is 0 Å². The number of hydrogen-bond donors (Lipinski definition) is 0. The van der Waals surface area contributed by atoms with E-state index in [1.54, 1.807) is 0 Å². The molecule has 0 aliphatic rings. The molecule has 0 saturated carbocycles. The maximum absolute atomic E-state index is 12.1. The van der Waals surface area contributed by atoms with Crippen molar-refractivity contribution in [2.45, 2.75) is 22.1 Å². The summed E-state index contributed by atoms with van der Waals surface area (Å²) in [6.45, 7) is 0. The van der Waals surface area contributed by atoms with E-state index in [2.05, 4.69) is 4.98 Å². The van der Waals surface area contributed by atoms with Crippen molar-refractivity contribution in [2.75, 3.05) is 0 Å². The first-order valence-electron chi connectivity index (χ1n) is 4.01. The lowest BCUT2D eigenvalue weighted by Gasteiger charge is -2.12. The number of alkyl halides is 7. The van der Waals surface area contributed by atoms with Gasteiger partial charge in [-0.15, -0.1) is 11.6 Å². The summed E-state index contributed by atoms with van der Waals surface area (Å²) >= 11 is 5.13. The van der Waals surface area contributed by atoms with E-state index in [-0.39, 0.29) is 16.8 Å². The number of hydrogen-bond acceptors (Lipinski definition) is 2. The Balaban J connectivity index is 2.76. The Kier molecular flexibility index (Phi) is 4.19. The molecule has 0 spiro atoms. The summed E-state index contributed by atoms with van der Waals surface area (Å²) in [6.07, 6.45) is -8.75. The summed E-state index contributed by atoms with van der Waals surface area (Å²) in [4.78, 5) is 3.26. The minimum absolute atomic E-state index is 0.132. The second-order valence-corrected chi connectivity index (χ2v) is 4.68. The molecular formula is C8H4ClF6NS. The van der Waals surface area contributed by atoms with E-state index in [0.29, 0.717) is 12.3 Å². The Morgan fingerprint density at radius 3 is 2.06 bits per heavy atom. The quantitative estimate of drug-likeness (QED) is 0.458. The fraction of sp³-hybridized carbons (Fsp3) is 0.375. The van der Waals surface area contributed by atoms with Crippen LogP contribution in [-0.2, 0) is 6.18 Å². The highest BCUT2D eigenvalue weighted by atomic mass is 35.5. The lowest BCUT2D eigenvalue weighted by atomic mass is 10.3. The molecule has 0 aliphatic carbocycles. The third kappa shape index (κ3) is 4.27. The van der Waals surface area contributed by atoms with E-state index in [4.69, 9.17) is 11.6 Å². The number of halogens is 7. The Morgan fingerprint density at radius 2 is 1.71 bits per heavy atom. The average molecular weight is 296 g/mol. The summed E-state index contributed by atoms with van der Waals surface area (Å²) in [6, 6.07) is 1.49. The monoisotopic (exact) mass is 295 g/mol. The van der Waals surface area contributed by atoms with Crippen molar-refractivity contribution in [1.29, 1.82) is 0 Å². The minimum atomic E-state index is -4.64. The van der Waals surface area contributed by atoms with Crippen molar-refractivity contribution < 1.29 is 26.3 Å². The van der Waals surface area contributed by atoms with Crippen molar-refractivity contribution in [3.05, 3.63) is 23.9 Å². The van der Waals surface area contributed by atoms with Gasteiger partial charge in [-0.05, 0) is 12.1 Å². The molecule has 1 rings (SSSR count). The maximum atomic E-state index is 12.1. The van der Waals surface area contributed by atoms with Gasteiger partial charge in [0.05, 0.1) is 10.6 Å². The van der Waals surface area contributed by atoms with E-state index >= 15 is 0 Å². The zero-order chi connectivity index (χ0) is 13.3. The molecule has 1 heterocycles. The molecule has 0 bridgehead atoms. The Morgan fingerprint density at radius 1 is 1.12 bits per heavy atom. The minimum Gasteiger partial charge on any atom is -0.249 e. The number of aromatic nitrogens is 1. The number of nitrogens with zero attached hydrogens (tertiary/aromatic N) is 1. The SMILES string of the molecule is FC(F)(F)c1ccc(SC(Cl)C(F)(F)F)nc1. The third-order valence-corrected chi connectivity index (χ3v) is 3.02. The second-order valence-electron chi connectivity index (χ2n) is 2.86. The molecule has 0 fully saturated rings. The van der Waals surface area contributed by atoms with Gasteiger partial charge in [-0.2, -0.15) is 26.3 Å². The lowest BCUT2D eigenvalue weighted by Crippen LogP contribution is -2.19. The van der Waals surface area contributed by atoms with Crippen LogP contribution >= 0.6 is 23.4 Å². The van der Waals surface area contributed by atoms with Gasteiger partial charge in [-0.25, -0.2) is 4.98 Å². The molecule has 17 heavy (non-hydrogen) atoms. The average Bonchev–Trinajstić information content (AvgIpc) is 2.15. The van der Waals surface area contributed by atoms with Crippen LogP contribution in [0.2, 0.25) is 0 Å². The molecule has 0 radical (unpaired) electrons. The van der Waals surface area contributed by atoms with Crippen molar-refractivity contribution in [3.8, 4) is 0 Å². The third-order valence-electron chi connectivity index (χ3n) is 1.55. The van der Waals surface area contributed by atoms with E-state index in [9.17, 15) is 26.3 Å². The van der Waals surface area contributed by atoms with E-state index in [1.807, 2.05) is 0 Å². The van der Waals surface area contributed by atoms with Gasteiger partial charge >= 0.3 is 12.4 Å². The molecule has 9 heteroatoms. The van der Waals surface area contributed by atoms with E-state index < -0.39 is 22.6 Å². The van der Waals surface area contributed by atoms with Gasteiger partial charge in [0.25, 0.3) is 0 Å². The molecule has 1 unspecified atom stereocenters. The van der Waals surface area contributed by atoms with Crippen LogP contribution in [0.15, 0.2) is 23.4 Å². The van der Waals surface area contributed by atoms with Crippen molar-refractivity contribution in [1.82, 2.24) is 4.98 Å². The van der Waals surface area contributed by atoms with Crippen molar-refractivity contribution in [3.63, 3.8) is 0 Å². The summed E-state index contributed by atoms with van der Waals surface area (Å²) in [5.74, 6) is 0. The van der Waals surface area contributed by atoms with Crippen molar-refractivity contribution >= 4 is 23.4 Å². The van der Waals surface area contributed by atoms with Gasteiger partial charge < -0.3 is 0 Å². The van der Waals surface area contributed by atoms with E-state index in [0.717, 1.165) is 6.07 Å². The Hall–Kier alpha value is -0.630. The molecule has 0 aliphatic heterocycles. The molecule has 1 nitrogen and oxygen atoms in total. The zero-order valence-electron chi connectivity index (χ0n) is 7.81. The van der Waals surface area contributed by atoms with Gasteiger partial charge in [0.1, 0.15) is 0 Å². The van der Waals surface area contributed by atoms with Gasteiger partial charge in [0, 0.05) is 6.20 Å². The van der Waals surface area contributed by atoms with Gasteiger partial charge in [0.15, 0.2) is 4.71 Å². The molecule has 0 saturated heterocycles. The largest absolute Gasteiger partial charge is 0.417 e. The maximum Gasteiger partial charge on any atom is 0.417 e. The predicted octanol–water partition coefficient (Wildman–Crippen LogP) is 4.32. The van der Waals surface area contributed by atoms with Crippen LogP contribution in [0.25, 0.3) is 0 Å². The molecule has 1 atom stereocenters. The molecule has 0 aromatic carbocycles. The second kappa shape index (κ2) is 4.93. The molecular weight excluding hydrogens is 292 g/mol. The van der Waals surface area contributed by atoms with Crippen LogP contribution in [0, 0.1) is 0 Å². The van der Waals surface area contributed by atoms with Gasteiger partial charge in [0.2, 0.25) is 0 Å². The lowest BCUT2D eigenvalue weighted by molar-refractivity contribution is -0.137. The summed E-state index contributed by atoms with van der Waals surface area (Å²) < 4.78 is 70.2. The Labute approximate surface area is 101 Å². The molecule has 1 aromatic rings. The van der Waals surface area contributed by atoms with Crippen molar-refractivity contribution in [2.24, 2.45) is 0 Å². The Bertz CT molecular complexity index is 373. The molecule has 0 amide bonds. The number of pyridine rings is 1. The van der Waals surface area contributed by atoms with Crippen LogP contribution in [0.1, 0.15) is 5.56 Å². The first-order valence-corrected chi connectivity index (χ1v) is 5.33. The van der Waals surface area contributed by atoms with Crippen LogP contribution in [0.4, 0.5) is 26.3 Å². The van der Waals surface area contributed by atoms with Crippen LogP contribution in [-0.4, -0.2) is 15.9 Å². The summed E-state index contributed by atoms with van der Waals surface area (Å²) in [5, 5.41) is -0.227. The van der Waals surface area contributed by atoms with Crippen LogP contribution < -0.4 is 0 Å². The first-order chi connectivity index (χ1) is 7.60. The highest BCUT2D eigenvalue weighted by molar-refractivity contribution is 8.01. The summed E-state index contributed by atoms with van der Waals surface area (Å²) in [7, 11) is 0. The zero-order valence-corrected chi connectivity index (χ0v) is 9.38.